The molecule has 0 unspecified atom stereocenters. The van der Waals surface area contributed by atoms with Gasteiger partial charge in [0.2, 0.25) is 15.9 Å². The van der Waals surface area contributed by atoms with Gasteiger partial charge in [-0.1, -0.05) is 24.3 Å². The highest BCUT2D eigenvalue weighted by Crippen LogP contribution is 2.24. The average Bonchev–Trinajstić information content (AvgIpc) is 2.74. The molecule has 156 valence electrons. The fraction of sp³-hybridized carbons (Fsp3) is 0.136. The molecule has 0 aliphatic carbocycles. The Morgan fingerprint density at radius 3 is 2.20 bits per heavy atom. The molecular formula is C22H22N2O5S. The topological polar surface area (TPSA) is 93.7 Å². The van der Waals surface area contributed by atoms with Crippen molar-refractivity contribution in [3.63, 3.8) is 0 Å². The first kappa shape index (κ1) is 21.4. The number of rotatable bonds is 8. The fourth-order valence-electron chi connectivity index (χ4n) is 2.62. The van der Waals surface area contributed by atoms with Crippen LogP contribution in [-0.4, -0.2) is 27.5 Å². The largest absolute Gasteiger partial charge is 0.497 e. The number of para-hydroxylation sites is 1. The number of amides is 1. The monoisotopic (exact) mass is 426 g/mol. The Morgan fingerprint density at radius 1 is 0.867 bits per heavy atom. The minimum Gasteiger partial charge on any atom is -0.497 e. The lowest BCUT2D eigenvalue weighted by Gasteiger charge is -2.15. The van der Waals surface area contributed by atoms with Crippen LogP contribution in [0.3, 0.4) is 0 Å². The summed E-state index contributed by atoms with van der Waals surface area (Å²) in [7, 11) is -2.37. The van der Waals surface area contributed by atoms with E-state index >= 15 is 0 Å². The predicted octanol–water partition coefficient (Wildman–Crippen LogP) is 3.79. The van der Waals surface area contributed by atoms with Gasteiger partial charge >= 0.3 is 0 Å². The Balaban J connectivity index is 1.64. The van der Waals surface area contributed by atoms with Crippen LogP contribution in [0.1, 0.15) is 6.92 Å². The molecule has 0 bridgehead atoms. The molecule has 30 heavy (non-hydrogen) atoms. The second-order valence-corrected chi connectivity index (χ2v) is 8.16. The highest BCUT2D eigenvalue weighted by molar-refractivity contribution is 7.89. The Morgan fingerprint density at radius 2 is 1.53 bits per heavy atom. The normalized spacial score (nSPS) is 12.1. The maximum Gasteiger partial charge on any atom is 0.242 e. The molecule has 3 rings (SSSR count). The molecule has 0 heterocycles. The van der Waals surface area contributed by atoms with Crippen molar-refractivity contribution in [1.82, 2.24) is 4.72 Å². The average molecular weight is 426 g/mol. The van der Waals surface area contributed by atoms with E-state index < -0.39 is 22.0 Å². The second kappa shape index (κ2) is 9.43. The number of ether oxygens (including phenoxy) is 2. The summed E-state index contributed by atoms with van der Waals surface area (Å²) in [5.41, 5.74) is 0.490. The number of hydrogen-bond donors (Lipinski definition) is 2. The predicted molar refractivity (Wildman–Crippen MR) is 114 cm³/mol. The van der Waals surface area contributed by atoms with Gasteiger partial charge in [0.05, 0.1) is 18.0 Å². The van der Waals surface area contributed by atoms with E-state index in [9.17, 15) is 13.2 Å². The van der Waals surface area contributed by atoms with Gasteiger partial charge in [-0.25, -0.2) is 8.42 Å². The van der Waals surface area contributed by atoms with E-state index in [2.05, 4.69) is 10.0 Å². The molecule has 0 radical (unpaired) electrons. The van der Waals surface area contributed by atoms with E-state index in [1.54, 1.807) is 24.3 Å². The van der Waals surface area contributed by atoms with Crippen molar-refractivity contribution in [2.45, 2.75) is 17.9 Å². The van der Waals surface area contributed by atoms with Gasteiger partial charge in [-0.15, -0.1) is 0 Å². The molecule has 0 aromatic heterocycles. The summed E-state index contributed by atoms with van der Waals surface area (Å²) in [6.45, 7) is 1.47. The van der Waals surface area contributed by atoms with Crippen LogP contribution in [0.15, 0.2) is 83.8 Å². The van der Waals surface area contributed by atoms with Crippen molar-refractivity contribution in [3.05, 3.63) is 78.9 Å². The summed E-state index contributed by atoms with van der Waals surface area (Å²) >= 11 is 0. The zero-order valence-electron chi connectivity index (χ0n) is 16.5. The zero-order chi connectivity index (χ0) is 21.6. The number of carbonyl (C=O) groups excluding carboxylic acids is 1. The molecule has 0 aliphatic heterocycles. The number of sulfonamides is 1. The summed E-state index contributed by atoms with van der Waals surface area (Å²) in [5, 5.41) is 2.69. The quantitative estimate of drug-likeness (QED) is 0.572. The van der Waals surface area contributed by atoms with Crippen LogP contribution in [-0.2, 0) is 14.8 Å². The van der Waals surface area contributed by atoms with Crippen LogP contribution in [0.4, 0.5) is 5.69 Å². The Kier molecular flexibility index (Phi) is 6.71. The number of benzene rings is 3. The third-order valence-corrected chi connectivity index (χ3v) is 5.73. The van der Waals surface area contributed by atoms with Gasteiger partial charge in [-0.2, -0.15) is 4.72 Å². The first-order chi connectivity index (χ1) is 14.4. The molecule has 1 amide bonds. The third kappa shape index (κ3) is 5.59. The lowest BCUT2D eigenvalue weighted by atomic mass is 10.2. The van der Waals surface area contributed by atoms with Crippen molar-refractivity contribution in [3.8, 4) is 17.2 Å². The molecule has 3 aromatic carbocycles. The van der Waals surface area contributed by atoms with Crippen molar-refractivity contribution < 1.29 is 22.7 Å². The summed E-state index contributed by atoms with van der Waals surface area (Å²) in [5.74, 6) is 1.26. The number of nitrogens with one attached hydrogen (secondary N) is 2. The first-order valence-electron chi connectivity index (χ1n) is 9.17. The second-order valence-electron chi connectivity index (χ2n) is 6.45. The molecule has 8 heteroatoms. The molecule has 0 aliphatic rings. The minimum absolute atomic E-state index is 0.0428. The summed E-state index contributed by atoms with van der Waals surface area (Å²) in [6.07, 6.45) is 0. The van der Waals surface area contributed by atoms with Crippen molar-refractivity contribution >= 4 is 21.6 Å². The van der Waals surface area contributed by atoms with E-state index in [1.807, 2.05) is 30.3 Å². The lowest BCUT2D eigenvalue weighted by molar-refractivity contribution is -0.117. The number of carbonyl (C=O) groups is 1. The molecule has 0 fully saturated rings. The Hall–Kier alpha value is -3.36. The van der Waals surface area contributed by atoms with E-state index in [-0.39, 0.29) is 4.90 Å². The van der Waals surface area contributed by atoms with Crippen LogP contribution < -0.4 is 19.5 Å². The maximum atomic E-state index is 12.5. The zero-order valence-corrected chi connectivity index (χ0v) is 17.3. The van der Waals surface area contributed by atoms with Crippen LogP contribution in [0.2, 0.25) is 0 Å². The lowest BCUT2D eigenvalue weighted by Crippen LogP contribution is -2.41. The number of hydrogen-bond acceptors (Lipinski definition) is 5. The SMILES string of the molecule is COc1ccc(S(=O)(=O)N[C@@H](C)C(=O)Nc2cccc(Oc3ccccc3)c2)cc1. The summed E-state index contributed by atoms with van der Waals surface area (Å²) < 4.78 is 38.2. The van der Waals surface area contributed by atoms with Crippen molar-refractivity contribution in [2.75, 3.05) is 12.4 Å². The number of anilines is 1. The van der Waals surface area contributed by atoms with E-state index in [1.165, 1.54) is 38.3 Å². The molecule has 0 saturated carbocycles. The smallest absolute Gasteiger partial charge is 0.242 e. The van der Waals surface area contributed by atoms with Gasteiger partial charge in [0, 0.05) is 11.8 Å². The van der Waals surface area contributed by atoms with Crippen LogP contribution in [0.25, 0.3) is 0 Å². The summed E-state index contributed by atoms with van der Waals surface area (Å²) in [6, 6.07) is 21.0. The van der Waals surface area contributed by atoms with Crippen molar-refractivity contribution in [2.24, 2.45) is 0 Å². The standard InChI is InChI=1S/C22H22N2O5S/c1-16(24-30(26,27)21-13-11-18(28-2)12-14-21)22(25)23-17-7-6-10-20(15-17)29-19-8-4-3-5-9-19/h3-16,24H,1-2H3,(H,23,25)/t16-/m0/s1. The summed E-state index contributed by atoms with van der Waals surface area (Å²) in [4.78, 5) is 12.5. The third-order valence-electron chi connectivity index (χ3n) is 4.18. The van der Waals surface area contributed by atoms with Gasteiger partial charge < -0.3 is 14.8 Å². The van der Waals surface area contributed by atoms with Crippen LogP contribution >= 0.6 is 0 Å². The maximum absolute atomic E-state index is 12.5. The molecule has 0 saturated heterocycles. The highest BCUT2D eigenvalue weighted by Gasteiger charge is 2.22. The Labute approximate surface area is 175 Å². The fourth-order valence-corrected chi connectivity index (χ4v) is 3.82. The van der Waals surface area contributed by atoms with Gasteiger partial charge in [-0.3, -0.25) is 4.79 Å². The van der Waals surface area contributed by atoms with Gasteiger partial charge in [0.1, 0.15) is 17.2 Å². The molecule has 2 N–H and O–H groups in total. The van der Waals surface area contributed by atoms with Crippen LogP contribution in [0.5, 0.6) is 17.2 Å². The van der Waals surface area contributed by atoms with E-state index in [4.69, 9.17) is 9.47 Å². The Bertz CT molecular complexity index is 1100. The number of methoxy groups -OCH3 is 1. The van der Waals surface area contributed by atoms with Gasteiger partial charge in [-0.05, 0) is 55.5 Å². The molecule has 7 nitrogen and oxygen atoms in total. The molecular weight excluding hydrogens is 404 g/mol. The van der Waals surface area contributed by atoms with Gasteiger partial charge in [0.15, 0.2) is 0 Å². The minimum atomic E-state index is -3.86. The van der Waals surface area contributed by atoms with Crippen molar-refractivity contribution in [1.29, 1.82) is 0 Å². The van der Waals surface area contributed by atoms with Gasteiger partial charge in [0.25, 0.3) is 0 Å². The van der Waals surface area contributed by atoms with Crippen LogP contribution in [0, 0.1) is 0 Å². The van der Waals surface area contributed by atoms with E-state index in [0.717, 1.165) is 0 Å². The first-order valence-corrected chi connectivity index (χ1v) is 10.7. The van der Waals surface area contributed by atoms with E-state index in [0.29, 0.717) is 22.9 Å². The molecule has 3 aromatic rings. The molecule has 0 spiro atoms. The highest BCUT2D eigenvalue weighted by atomic mass is 32.2. The molecule has 1 atom stereocenters.